The van der Waals surface area contributed by atoms with Gasteiger partial charge in [0.1, 0.15) is 6.04 Å². The van der Waals surface area contributed by atoms with E-state index in [1.807, 2.05) is 0 Å². The molecule has 5 nitrogen and oxygen atoms in total. The molecule has 0 aromatic carbocycles. The van der Waals surface area contributed by atoms with Gasteiger partial charge in [-0.15, -0.1) is 0 Å². The van der Waals surface area contributed by atoms with E-state index in [1.54, 1.807) is 4.90 Å². The Hall–Kier alpha value is -1.10. The SMILES string of the molecule is NC(CC(=O)N1C(C(=O)O)CC2CCCCC21)C1CC1. The number of hydrogen-bond donors (Lipinski definition) is 2. The normalized spacial score (nSPS) is 34.6. The molecule has 1 heterocycles. The van der Waals surface area contributed by atoms with Crippen LogP contribution in [0.3, 0.4) is 0 Å². The van der Waals surface area contributed by atoms with Crippen molar-refractivity contribution in [2.24, 2.45) is 17.6 Å². The number of carboxylic acid groups (broad SMARTS) is 1. The van der Waals surface area contributed by atoms with Crippen molar-refractivity contribution in [1.29, 1.82) is 0 Å². The molecule has 112 valence electrons. The van der Waals surface area contributed by atoms with Crippen LogP contribution in [0.15, 0.2) is 0 Å². The molecule has 4 unspecified atom stereocenters. The number of amides is 1. The summed E-state index contributed by atoms with van der Waals surface area (Å²) >= 11 is 0. The Bertz CT molecular complexity index is 408. The van der Waals surface area contributed by atoms with Crippen molar-refractivity contribution in [3.8, 4) is 0 Å². The third kappa shape index (κ3) is 2.55. The number of rotatable bonds is 4. The second-order valence-electron chi connectivity index (χ2n) is 6.71. The molecule has 1 amide bonds. The Kier molecular flexibility index (Phi) is 3.71. The molecule has 0 aromatic rings. The maximum atomic E-state index is 12.5. The molecule has 4 atom stereocenters. The van der Waals surface area contributed by atoms with Gasteiger partial charge in [0.25, 0.3) is 0 Å². The number of carbonyl (C=O) groups excluding carboxylic acids is 1. The highest BCUT2D eigenvalue weighted by Gasteiger charge is 2.47. The first-order valence-corrected chi connectivity index (χ1v) is 7.87. The van der Waals surface area contributed by atoms with E-state index in [-0.39, 0.29) is 18.0 Å². The number of carbonyl (C=O) groups is 2. The number of hydrogen-bond acceptors (Lipinski definition) is 3. The number of carboxylic acids is 1. The van der Waals surface area contributed by atoms with Crippen LogP contribution in [0.2, 0.25) is 0 Å². The standard InChI is InChI=1S/C15H24N2O3/c16-11(9-5-6-9)8-14(18)17-12-4-2-1-3-10(12)7-13(17)15(19)20/h9-13H,1-8,16H2,(H,19,20). The first-order chi connectivity index (χ1) is 9.58. The van der Waals surface area contributed by atoms with Crippen LogP contribution in [0, 0.1) is 11.8 Å². The van der Waals surface area contributed by atoms with Crippen LogP contribution in [-0.4, -0.2) is 40.0 Å². The molecule has 3 N–H and O–H groups in total. The fourth-order valence-electron chi connectivity index (χ4n) is 4.04. The Labute approximate surface area is 119 Å². The molecule has 2 saturated carbocycles. The molecule has 0 bridgehead atoms. The van der Waals surface area contributed by atoms with Crippen molar-refractivity contribution in [3.05, 3.63) is 0 Å². The second kappa shape index (κ2) is 5.35. The smallest absolute Gasteiger partial charge is 0.326 e. The van der Waals surface area contributed by atoms with Crippen LogP contribution < -0.4 is 5.73 Å². The lowest BCUT2D eigenvalue weighted by atomic mass is 9.84. The Morgan fingerprint density at radius 2 is 1.90 bits per heavy atom. The van der Waals surface area contributed by atoms with Gasteiger partial charge >= 0.3 is 5.97 Å². The van der Waals surface area contributed by atoms with Gasteiger partial charge in [-0.05, 0) is 43.9 Å². The van der Waals surface area contributed by atoms with Crippen molar-refractivity contribution < 1.29 is 14.7 Å². The third-order valence-electron chi connectivity index (χ3n) is 5.30. The summed E-state index contributed by atoms with van der Waals surface area (Å²) in [6, 6.07) is -0.564. The summed E-state index contributed by atoms with van der Waals surface area (Å²) in [5.41, 5.74) is 6.04. The first kappa shape index (κ1) is 13.9. The minimum absolute atomic E-state index is 0.0359. The fourth-order valence-corrected chi connectivity index (χ4v) is 4.04. The van der Waals surface area contributed by atoms with Gasteiger partial charge in [-0.2, -0.15) is 0 Å². The van der Waals surface area contributed by atoms with Gasteiger partial charge in [-0.25, -0.2) is 4.79 Å². The van der Waals surface area contributed by atoms with Crippen LogP contribution in [0.25, 0.3) is 0 Å². The molecule has 2 aliphatic carbocycles. The number of likely N-dealkylation sites (tertiary alicyclic amines) is 1. The van der Waals surface area contributed by atoms with Gasteiger partial charge in [0.2, 0.25) is 5.91 Å². The maximum absolute atomic E-state index is 12.5. The molecule has 5 heteroatoms. The molecule has 1 aliphatic heterocycles. The van der Waals surface area contributed by atoms with E-state index in [0.717, 1.165) is 38.5 Å². The molecule has 3 aliphatic rings. The largest absolute Gasteiger partial charge is 0.480 e. The molecule has 3 rings (SSSR count). The molecule has 3 fully saturated rings. The van der Waals surface area contributed by atoms with Crippen LogP contribution >= 0.6 is 0 Å². The second-order valence-corrected chi connectivity index (χ2v) is 6.71. The van der Waals surface area contributed by atoms with Crippen LogP contribution in [-0.2, 0) is 9.59 Å². The Balaban J connectivity index is 1.72. The zero-order chi connectivity index (χ0) is 14.3. The van der Waals surface area contributed by atoms with Crippen molar-refractivity contribution in [1.82, 2.24) is 4.90 Å². The summed E-state index contributed by atoms with van der Waals surface area (Å²) in [4.78, 5) is 25.7. The number of nitrogens with zero attached hydrogens (tertiary/aromatic N) is 1. The molecule has 0 spiro atoms. The molecular weight excluding hydrogens is 256 g/mol. The van der Waals surface area contributed by atoms with Gasteiger partial charge in [0, 0.05) is 18.5 Å². The highest BCUT2D eigenvalue weighted by molar-refractivity contribution is 5.85. The van der Waals surface area contributed by atoms with E-state index in [1.165, 1.54) is 0 Å². The zero-order valence-corrected chi connectivity index (χ0v) is 11.8. The maximum Gasteiger partial charge on any atom is 0.326 e. The Morgan fingerprint density at radius 3 is 2.55 bits per heavy atom. The highest BCUT2D eigenvalue weighted by atomic mass is 16.4. The average molecular weight is 280 g/mol. The zero-order valence-electron chi connectivity index (χ0n) is 11.8. The van der Waals surface area contributed by atoms with Crippen molar-refractivity contribution in [3.63, 3.8) is 0 Å². The summed E-state index contributed by atoms with van der Waals surface area (Å²) in [6.45, 7) is 0. The monoisotopic (exact) mass is 280 g/mol. The van der Waals surface area contributed by atoms with Gasteiger partial charge < -0.3 is 15.7 Å². The lowest BCUT2D eigenvalue weighted by Crippen LogP contribution is -2.48. The van der Waals surface area contributed by atoms with Crippen molar-refractivity contribution in [2.75, 3.05) is 0 Å². The number of fused-ring (bicyclic) bond motifs is 1. The molecule has 0 radical (unpaired) electrons. The van der Waals surface area contributed by atoms with Gasteiger partial charge in [-0.3, -0.25) is 4.79 Å². The molecule has 0 aromatic heterocycles. The van der Waals surface area contributed by atoms with E-state index in [0.29, 0.717) is 24.7 Å². The summed E-state index contributed by atoms with van der Waals surface area (Å²) in [7, 11) is 0. The lowest BCUT2D eigenvalue weighted by molar-refractivity contribution is -0.150. The topological polar surface area (TPSA) is 83.6 Å². The first-order valence-electron chi connectivity index (χ1n) is 7.87. The van der Waals surface area contributed by atoms with Gasteiger partial charge in [-0.1, -0.05) is 12.8 Å². The van der Waals surface area contributed by atoms with Crippen LogP contribution in [0.1, 0.15) is 51.4 Å². The van der Waals surface area contributed by atoms with Gasteiger partial charge in [0.05, 0.1) is 0 Å². The molecular formula is C15H24N2O3. The van der Waals surface area contributed by atoms with Crippen LogP contribution in [0.4, 0.5) is 0 Å². The molecule has 1 saturated heterocycles. The summed E-state index contributed by atoms with van der Waals surface area (Å²) < 4.78 is 0. The highest BCUT2D eigenvalue weighted by Crippen LogP contribution is 2.41. The summed E-state index contributed by atoms with van der Waals surface area (Å²) in [5, 5.41) is 9.41. The van der Waals surface area contributed by atoms with E-state index in [2.05, 4.69) is 0 Å². The van der Waals surface area contributed by atoms with Gasteiger partial charge in [0.15, 0.2) is 0 Å². The molecule has 20 heavy (non-hydrogen) atoms. The minimum atomic E-state index is -0.854. The lowest BCUT2D eigenvalue weighted by Gasteiger charge is -2.33. The summed E-state index contributed by atoms with van der Waals surface area (Å²) in [5.74, 6) is -0.0307. The van der Waals surface area contributed by atoms with E-state index in [9.17, 15) is 14.7 Å². The fraction of sp³-hybridized carbons (Fsp3) is 0.867. The van der Waals surface area contributed by atoms with E-state index < -0.39 is 12.0 Å². The van der Waals surface area contributed by atoms with Crippen LogP contribution in [0.5, 0.6) is 0 Å². The average Bonchev–Trinajstić information content (AvgIpc) is 3.18. The predicted molar refractivity (Wildman–Crippen MR) is 73.9 cm³/mol. The van der Waals surface area contributed by atoms with Crippen molar-refractivity contribution >= 4 is 11.9 Å². The summed E-state index contributed by atoms with van der Waals surface area (Å²) in [6.07, 6.45) is 7.46. The third-order valence-corrected chi connectivity index (χ3v) is 5.30. The predicted octanol–water partition coefficient (Wildman–Crippen LogP) is 1.36. The number of nitrogens with two attached hydrogens (primary N) is 1. The minimum Gasteiger partial charge on any atom is -0.480 e. The Morgan fingerprint density at radius 1 is 1.20 bits per heavy atom. The van der Waals surface area contributed by atoms with E-state index >= 15 is 0 Å². The quantitative estimate of drug-likeness (QED) is 0.814. The number of aliphatic carboxylic acids is 1. The van der Waals surface area contributed by atoms with Crippen molar-refractivity contribution in [2.45, 2.75) is 69.5 Å². The van der Waals surface area contributed by atoms with E-state index in [4.69, 9.17) is 5.73 Å².